The van der Waals surface area contributed by atoms with Crippen molar-refractivity contribution < 1.29 is 9.84 Å². The van der Waals surface area contributed by atoms with Crippen LogP contribution in [0, 0.1) is 0 Å². The monoisotopic (exact) mass is 218 g/mol. The molecule has 60 valence electrons. The molecule has 0 spiro atoms. The highest BCUT2D eigenvalue weighted by Crippen LogP contribution is 2.26. The topological polar surface area (TPSA) is 47.3 Å². The van der Waals surface area contributed by atoms with E-state index in [9.17, 15) is 0 Å². The van der Waals surface area contributed by atoms with Crippen molar-refractivity contribution in [2.45, 2.75) is 12.6 Å². The van der Waals surface area contributed by atoms with E-state index < -0.39 is 6.10 Å². The molecule has 2 rings (SSSR count). The number of aliphatic hydroxyl groups excluding tert-OH is 1. The van der Waals surface area contributed by atoms with E-state index >= 15 is 0 Å². The number of hydrogen-bond donors (Lipinski definition) is 1. The maximum absolute atomic E-state index is 9.16. The van der Waals surface area contributed by atoms with Crippen molar-refractivity contribution in [1.29, 1.82) is 0 Å². The van der Waals surface area contributed by atoms with Gasteiger partial charge in [-0.3, -0.25) is 0 Å². The van der Waals surface area contributed by atoms with E-state index in [0.29, 0.717) is 19.0 Å². The van der Waals surface area contributed by atoms with Crippen LogP contribution in [0.1, 0.15) is 0 Å². The lowest BCUT2D eigenvalue weighted by Gasteiger charge is -2.19. The fourth-order valence-electron chi connectivity index (χ4n) is 1.05. The zero-order chi connectivity index (χ0) is 7.84. The van der Waals surface area contributed by atoms with Crippen LogP contribution >= 0.6 is 15.9 Å². The van der Waals surface area contributed by atoms with Gasteiger partial charge in [-0.05, 0) is 15.9 Å². The predicted octanol–water partition coefficient (Wildman–Crippen LogP) is 0.399. The van der Waals surface area contributed by atoms with E-state index in [-0.39, 0.29) is 0 Å². The fraction of sp³-hybridized carbons (Fsp3) is 0.500. The Morgan fingerprint density at radius 2 is 2.64 bits per heavy atom. The predicted molar refractivity (Wildman–Crippen MR) is 41.4 cm³/mol. The van der Waals surface area contributed by atoms with E-state index in [1.54, 1.807) is 10.9 Å². The maximum Gasteiger partial charge on any atom is 0.226 e. The van der Waals surface area contributed by atoms with Crippen molar-refractivity contribution in [2.75, 3.05) is 6.61 Å². The number of ether oxygens (including phenoxy) is 1. The summed E-state index contributed by atoms with van der Waals surface area (Å²) in [6.07, 6.45) is 1.22. The Hall–Kier alpha value is -0.550. The summed E-state index contributed by atoms with van der Waals surface area (Å²) in [6.45, 7) is 0.866. The van der Waals surface area contributed by atoms with Crippen LogP contribution in [0.2, 0.25) is 0 Å². The Labute approximate surface area is 71.9 Å². The largest absolute Gasteiger partial charge is 0.474 e. The first kappa shape index (κ1) is 7.12. The highest BCUT2D eigenvalue weighted by atomic mass is 79.9. The van der Waals surface area contributed by atoms with Gasteiger partial charge in [0, 0.05) is 0 Å². The standard InChI is InChI=1S/C6H7BrN2O2/c7-5-1-8-9-2-4(10)3-11-6(5)9/h1,4,10H,2-3H2/t4-/m0/s1. The van der Waals surface area contributed by atoms with E-state index in [0.717, 1.165) is 4.47 Å². The third-order valence-electron chi connectivity index (χ3n) is 1.55. The highest BCUT2D eigenvalue weighted by molar-refractivity contribution is 9.10. The van der Waals surface area contributed by atoms with E-state index in [1.807, 2.05) is 0 Å². The summed E-state index contributed by atoms with van der Waals surface area (Å²) >= 11 is 3.28. The Morgan fingerprint density at radius 3 is 3.45 bits per heavy atom. The summed E-state index contributed by atoms with van der Waals surface area (Å²) in [5.41, 5.74) is 0. The van der Waals surface area contributed by atoms with Crippen molar-refractivity contribution in [1.82, 2.24) is 9.78 Å². The lowest BCUT2D eigenvalue weighted by atomic mass is 10.3. The van der Waals surface area contributed by atoms with Crippen LogP contribution in [0.4, 0.5) is 0 Å². The average molecular weight is 219 g/mol. The number of rotatable bonds is 0. The molecule has 0 unspecified atom stereocenters. The molecule has 1 aliphatic rings. The van der Waals surface area contributed by atoms with Crippen LogP contribution < -0.4 is 4.74 Å². The van der Waals surface area contributed by atoms with Gasteiger partial charge in [-0.25, -0.2) is 4.68 Å². The second kappa shape index (κ2) is 2.49. The van der Waals surface area contributed by atoms with Gasteiger partial charge in [-0.15, -0.1) is 0 Å². The normalized spacial score (nSPS) is 22.5. The van der Waals surface area contributed by atoms with Gasteiger partial charge in [0.05, 0.1) is 17.2 Å². The average Bonchev–Trinajstić information content (AvgIpc) is 2.32. The molecular formula is C6H7BrN2O2. The first-order valence-corrected chi connectivity index (χ1v) is 4.09. The number of halogens is 1. The minimum atomic E-state index is -0.436. The Kier molecular flexibility index (Phi) is 1.61. The molecule has 2 heterocycles. The van der Waals surface area contributed by atoms with Gasteiger partial charge in [0.2, 0.25) is 5.88 Å². The molecule has 1 atom stereocenters. The summed E-state index contributed by atoms with van der Waals surface area (Å²) in [7, 11) is 0. The second-order valence-corrected chi connectivity index (χ2v) is 3.30. The molecule has 0 amide bonds. The Balaban J connectivity index is 2.36. The lowest BCUT2D eigenvalue weighted by molar-refractivity contribution is 0.0553. The van der Waals surface area contributed by atoms with Gasteiger partial charge >= 0.3 is 0 Å². The van der Waals surface area contributed by atoms with E-state index in [2.05, 4.69) is 21.0 Å². The molecule has 1 aromatic heterocycles. The molecule has 1 N–H and O–H groups in total. The summed E-state index contributed by atoms with van der Waals surface area (Å²) in [6, 6.07) is 0. The highest BCUT2D eigenvalue weighted by Gasteiger charge is 2.19. The van der Waals surface area contributed by atoms with Crippen molar-refractivity contribution in [3.63, 3.8) is 0 Å². The minimum absolute atomic E-state index is 0.351. The lowest BCUT2D eigenvalue weighted by Crippen LogP contribution is -2.29. The van der Waals surface area contributed by atoms with Crippen LogP contribution in [0.15, 0.2) is 10.7 Å². The minimum Gasteiger partial charge on any atom is -0.474 e. The number of fused-ring (bicyclic) bond motifs is 1. The summed E-state index contributed by atoms with van der Waals surface area (Å²) in [4.78, 5) is 0. The molecule has 4 nitrogen and oxygen atoms in total. The zero-order valence-corrected chi connectivity index (χ0v) is 7.28. The van der Waals surface area contributed by atoms with Gasteiger partial charge in [0.25, 0.3) is 0 Å². The van der Waals surface area contributed by atoms with Gasteiger partial charge < -0.3 is 9.84 Å². The van der Waals surface area contributed by atoms with Crippen molar-refractivity contribution in [3.8, 4) is 5.88 Å². The smallest absolute Gasteiger partial charge is 0.226 e. The molecule has 0 aromatic carbocycles. The zero-order valence-electron chi connectivity index (χ0n) is 5.70. The number of aliphatic hydroxyl groups is 1. The SMILES string of the molecule is O[C@@H]1COc2c(Br)cnn2C1. The van der Waals surface area contributed by atoms with Crippen molar-refractivity contribution in [2.24, 2.45) is 0 Å². The van der Waals surface area contributed by atoms with Gasteiger partial charge in [0.15, 0.2) is 0 Å². The summed E-state index contributed by atoms with van der Waals surface area (Å²) < 4.78 is 7.68. The molecule has 0 radical (unpaired) electrons. The third-order valence-corrected chi connectivity index (χ3v) is 2.09. The molecule has 0 fully saturated rings. The molecule has 0 aliphatic carbocycles. The van der Waals surface area contributed by atoms with Crippen LogP contribution in [-0.4, -0.2) is 27.6 Å². The molecule has 0 saturated carbocycles. The quantitative estimate of drug-likeness (QED) is 0.686. The molecule has 0 saturated heterocycles. The molecule has 5 heteroatoms. The second-order valence-electron chi connectivity index (χ2n) is 2.44. The van der Waals surface area contributed by atoms with Crippen molar-refractivity contribution >= 4 is 15.9 Å². The Morgan fingerprint density at radius 1 is 1.82 bits per heavy atom. The van der Waals surface area contributed by atoms with Gasteiger partial charge in [-0.1, -0.05) is 0 Å². The van der Waals surface area contributed by atoms with Gasteiger partial charge in [0.1, 0.15) is 12.7 Å². The first-order chi connectivity index (χ1) is 5.27. The van der Waals surface area contributed by atoms with Crippen LogP contribution in [0.25, 0.3) is 0 Å². The third kappa shape index (κ3) is 1.14. The molecule has 11 heavy (non-hydrogen) atoms. The Bertz CT molecular complexity index is 274. The first-order valence-electron chi connectivity index (χ1n) is 3.29. The van der Waals surface area contributed by atoms with Crippen molar-refractivity contribution in [3.05, 3.63) is 10.7 Å². The van der Waals surface area contributed by atoms with Gasteiger partial charge in [-0.2, -0.15) is 5.10 Å². The molecular weight excluding hydrogens is 212 g/mol. The number of hydrogen-bond acceptors (Lipinski definition) is 3. The molecule has 0 bridgehead atoms. The number of nitrogens with zero attached hydrogens (tertiary/aromatic N) is 2. The van der Waals surface area contributed by atoms with E-state index in [1.165, 1.54) is 0 Å². The molecule has 1 aliphatic heterocycles. The number of aromatic nitrogens is 2. The summed E-state index contributed by atoms with van der Waals surface area (Å²) in [5, 5.41) is 13.2. The van der Waals surface area contributed by atoms with Crippen LogP contribution in [0.5, 0.6) is 5.88 Å². The van der Waals surface area contributed by atoms with Crippen LogP contribution in [0.3, 0.4) is 0 Å². The van der Waals surface area contributed by atoms with Crippen LogP contribution in [-0.2, 0) is 6.54 Å². The maximum atomic E-state index is 9.16. The summed E-state index contributed by atoms with van der Waals surface area (Å²) in [5.74, 6) is 0.704. The van der Waals surface area contributed by atoms with E-state index in [4.69, 9.17) is 9.84 Å². The fourth-order valence-corrected chi connectivity index (χ4v) is 1.46. The molecule has 1 aromatic rings.